The highest BCUT2D eigenvalue weighted by Gasteiger charge is 2.22. The van der Waals surface area contributed by atoms with Crippen molar-refractivity contribution in [1.29, 1.82) is 0 Å². The average molecular weight is 376 g/mol. The molecule has 1 aliphatic rings. The van der Waals surface area contributed by atoms with Crippen LogP contribution < -0.4 is 9.47 Å². The lowest BCUT2D eigenvalue weighted by Gasteiger charge is -2.14. The lowest BCUT2D eigenvalue weighted by atomic mass is 10.0. The fourth-order valence-corrected chi connectivity index (χ4v) is 3.02. The van der Waals surface area contributed by atoms with Crippen LogP contribution in [-0.2, 0) is 0 Å². The Morgan fingerprint density at radius 3 is 2.75 bits per heavy atom. The number of benzene rings is 2. The van der Waals surface area contributed by atoms with Gasteiger partial charge in [-0.05, 0) is 51.8 Å². The SMILES string of the molecule is OC(c1cc(Br)c2c(c1)OCO2)c1cc(Cl)ccc1Cl. The van der Waals surface area contributed by atoms with Crippen LogP contribution in [0.5, 0.6) is 11.5 Å². The Balaban J connectivity index is 2.04. The summed E-state index contributed by atoms with van der Waals surface area (Å²) in [6, 6.07) is 8.48. The Bertz CT molecular complexity index is 676. The van der Waals surface area contributed by atoms with Gasteiger partial charge in [0.15, 0.2) is 11.5 Å². The molecule has 1 aliphatic heterocycles. The number of aliphatic hydroxyl groups is 1. The number of hydrogen-bond acceptors (Lipinski definition) is 3. The molecule has 0 spiro atoms. The molecular formula is C14H9BrCl2O3. The predicted molar refractivity (Wildman–Crippen MR) is 80.8 cm³/mol. The highest BCUT2D eigenvalue weighted by Crippen LogP contribution is 2.42. The van der Waals surface area contributed by atoms with E-state index in [4.69, 9.17) is 32.7 Å². The van der Waals surface area contributed by atoms with Gasteiger partial charge in [-0.25, -0.2) is 0 Å². The van der Waals surface area contributed by atoms with Gasteiger partial charge in [0.2, 0.25) is 6.79 Å². The van der Waals surface area contributed by atoms with Gasteiger partial charge < -0.3 is 14.6 Å². The number of halogens is 3. The number of rotatable bonds is 2. The van der Waals surface area contributed by atoms with Gasteiger partial charge in [0.1, 0.15) is 6.10 Å². The summed E-state index contributed by atoms with van der Waals surface area (Å²) in [5.41, 5.74) is 1.19. The van der Waals surface area contributed by atoms with E-state index in [9.17, 15) is 5.11 Å². The van der Waals surface area contributed by atoms with E-state index in [1.54, 1.807) is 30.3 Å². The molecule has 104 valence electrons. The maximum atomic E-state index is 10.5. The van der Waals surface area contributed by atoms with Crippen LogP contribution in [0.25, 0.3) is 0 Å². The van der Waals surface area contributed by atoms with Crippen LogP contribution in [0.15, 0.2) is 34.8 Å². The Labute approximate surface area is 134 Å². The molecule has 1 atom stereocenters. The zero-order chi connectivity index (χ0) is 14.3. The fourth-order valence-electron chi connectivity index (χ4n) is 2.05. The Hall–Kier alpha value is -0.940. The van der Waals surface area contributed by atoms with Gasteiger partial charge in [0.25, 0.3) is 0 Å². The van der Waals surface area contributed by atoms with Gasteiger partial charge in [0.05, 0.1) is 4.47 Å². The average Bonchev–Trinajstić information content (AvgIpc) is 2.89. The summed E-state index contributed by atoms with van der Waals surface area (Å²) in [6.07, 6.45) is -0.896. The second kappa shape index (κ2) is 5.45. The minimum absolute atomic E-state index is 0.172. The van der Waals surface area contributed by atoms with Crippen LogP contribution in [0.3, 0.4) is 0 Å². The first kappa shape index (κ1) is 14.0. The van der Waals surface area contributed by atoms with Crippen molar-refractivity contribution in [2.45, 2.75) is 6.10 Å². The summed E-state index contributed by atoms with van der Waals surface area (Å²) in [6.45, 7) is 0.172. The minimum Gasteiger partial charge on any atom is -0.454 e. The van der Waals surface area contributed by atoms with Crippen molar-refractivity contribution in [2.75, 3.05) is 6.79 Å². The molecule has 2 aromatic rings. The van der Waals surface area contributed by atoms with Gasteiger partial charge in [-0.15, -0.1) is 0 Å². The van der Waals surface area contributed by atoms with Crippen LogP contribution in [0.1, 0.15) is 17.2 Å². The molecule has 3 rings (SSSR count). The van der Waals surface area contributed by atoms with Gasteiger partial charge in [-0.1, -0.05) is 23.2 Å². The molecule has 0 amide bonds. The van der Waals surface area contributed by atoms with Crippen molar-refractivity contribution in [3.8, 4) is 11.5 Å². The number of ether oxygens (including phenoxy) is 2. The molecule has 1 unspecified atom stereocenters. The van der Waals surface area contributed by atoms with E-state index in [0.29, 0.717) is 32.7 Å². The second-order valence-corrected chi connectivity index (χ2v) is 6.00. The van der Waals surface area contributed by atoms with E-state index in [-0.39, 0.29) is 6.79 Å². The van der Waals surface area contributed by atoms with Gasteiger partial charge >= 0.3 is 0 Å². The van der Waals surface area contributed by atoms with Crippen molar-refractivity contribution in [2.24, 2.45) is 0 Å². The standard InChI is InChI=1S/C14H9BrCl2O3/c15-10-3-7(4-12-14(10)20-6-19-12)13(18)9-5-8(16)1-2-11(9)17/h1-5,13,18H,6H2. The van der Waals surface area contributed by atoms with Gasteiger partial charge in [0, 0.05) is 15.6 Å². The van der Waals surface area contributed by atoms with E-state index in [1.165, 1.54) is 0 Å². The molecule has 6 heteroatoms. The molecule has 2 aromatic carbocycles. The van der Waals surface area contributed by atoms with Crippen molar-refractivity contribution in [1.82, 2.24) is 0 Å². The maximum absolute atomic E-state index is 10.5. The minimum atomic E-state index is -0.896. The summed E-state index contributed by atoms with van der Waals surface area (Å²) >= 11 is 15.5. The molecule has 0 bridgehead atoms. The normalized spacial score (nSPS) is 14.4. The summed E-state index contributed by atoms with van der Waals surface area (Å²) in [4.78, 5) is 0. The third-order valence-electron chi connectivity index (χ3n) is 3.02. The first-order valence-electron chi connectivity index (χ1n) is 5.78. The molecule has 1 N–H and O–H groups in total. The highest BCUT2D eigenvalue weighted by molar-refractivity contribution is 9.10. The summed E-state index contributed by atoms with van der Waals surface area (Å²) in [5.74, 6) is 1.23. The molecule has 0 radical (unpaired) electrons. The van der Waals surface area contributed by atoms with Crippen LogP contribution in [0.2, 0.25) is 10.0 Å². The predicted octanol–water partition coefficient (Wildman–Crippen LogP) is 4.57. The smallest absolute Gasteiger partial charge is 0.231 e. The Morgan fingerprint density at radius 2 is 1.95 bits per heavy atom. The number of aliphatic hydroxyl groups excluding tert-OH is 1. The number of hydrogen-bond donors (Lipinski definition) is 1. The molecule has 0 saturated heterocycles. The summed E-state index contributed by atoms with van der Waals surface area (Å²) < 4.78 is 11.4. The van der Waals surface area contributed by atoms with E-state index >= 15 is 0 Å². The van der Waals surface area contributed by atoms with Crippen molar-refractivity contribution >= 4 is 39.1 Å². The largest absolute Gasteiger partial charge is 0.454 e. The van der Waals surface area contributed by atoms with Crippen LogP contribution in [0, 0.1) is 0 Å². The Morgan fingerprint density at radius 1 is 1.15 bits per heavy atom. The molecule has 20 heavy (non-hydrogen) atoms. The Kier molecular flexibility index (Phi) is 3.82. The maximum Gasteiger partial charge on any atom is 0.231 e. The molecule has 0 fully saturated rings. The first-order valence-corrected chi connectivity index (χ1v) is 7.33. The van der Waals surface area contributed by atoms with E-state index in [0.717, 1.165) is 4.47 Å². The lowest BCUT2D eigenvalue weighted by Crippen LogP contribution is -2.01. The second-order valence-electron chi connectivity index (χ2n) is 4.30. The molecule has 0 saturated carbocycles. The van der Waals surface area contributed by atoms with Crippen molar-refractivity contribution in [3.05, 3.63) is 56.0 Å². The highest BCUT2D eigenvalue weighted by atomic mass is 79.9. The monoisotopic (exact) mass is 374 g/mol. The molecule has 0 aliphatic carbocycles. The topological polar surface area (TPSA) is 38.7 Å². The van der Waals surface area contributed by atoms with Crippen LogP contribution >= 0.6 is 39.1 Å². The van der Waals surface area contributed by atoms with Crippen LogP contribution in [0.4, 0.5) is 0 Å². The molecule has 1 heterocycles. The zero-order valence-corrected chi connectivity index (χ0v) is 13.2. The summed E-state index contributed by atoms with van der Waals surface area (Å²) in [7, 11) is 0. The van der Waals surface area contributed by atoms with E-state index in [2.05, 4.69) is 15.9 Å². The molecule has 0 aromatic heterocycles. The number of fused-ring (bicyclic) bond motifs is 1. The zero-order valence-electron chi connectivity index (χ0n) is 10.1. The van der Waals surface area contributed by atoms with Gasteiger partial charge in [-0.3, -0.25) is 0 Å². The van der Waals surface area contributed by atoms with Gasteiger partial charge in [-0.2, -0.15) is 0 Å². The van der Waals surface area contributed by atoms with Crippen molar-refractivity contribution in [3.63, 3.8) is 0 Å². The van der Waals surface area contributed by atoms with Crippen molar-refractivity contribution < 1.29 is 14.6 Å². The molecular weight excluding hydrogens is 367 g/mol. The molecule has 3 nitrogen and oxygen atoms in total. The first-order chi connectivity index (χ1) is 9.56. The van der Waals surface area contributed by atoms with Crippen LogP contribution in [-0.4, -0.2) is 11.9 Å². The summed E-state index contributed by atoms with van der Waals surface area (Å²) in [5, 5.41) is 11.5. The third kappa shape index (κ3) is 2.49. The van der Waals surface area contributed by atoms with E-state index < -0.39 is 6.10 Å². The lowest BCUT2D eigenvalue weighted by molar-refractivity contribution is 0.173. The fraction of sp³-hybridized carbons (Fsp3) is 0.143. The van der Waals surface area contributed by atoms with E-state index in [1.807, 2.05) is 0 Å². The third-order valence-corrected chi connectivity index (χ3v) is 4.19. The quantitative estimate of drug-likeness (QED) is 0.835.